The average Bonchev–Trinajstić information content (AvgIpc) is 3.10. The van der Waals surface area contributed by atoms with Gasteiger partial charge in [-0.05, 0) is 42.6 Å². The van der Waals surface area contributed by atoms with Crippen LogP contribution in [-0.4, -0.2) is 30.9 Å². The Bertz CT molecular complexity index is 1070. The molecule has 0 bridgehead atoms. The van der Waals surface area contributed by atoms with Crippen molar-refractivity contribution >= 4 is 17.7 Å². The van der Waals surface area contributed by atoms with Crippen LogP contribution < -0.4 is 0 Å². The molecule has 2 aliphatic carbocycles. The van der Waals surface area contributed by atoms with E-state index in [2.05, 4.69) is 6.58 Å². The fourth-order valence-electron chi connectivity index (χ4n) is 6.11. The Labute approximate surface area is 222 Å². The predicted molar refractivity (Wildman–Crippen MR) is 146 cm³/mol. The lowest BCUT2D eigenvalue weighted by molar-refractivity contribution is -0.173. The minimum atomic E-state index is -1.61. The van der Waals surface area contributed by atoms with Crippen molar-refractivity contribution in [3.05, 3.63) is 71.8 Å². The minimum Gasteiger partial charge on any atom is -0.465 e. The van der Waals surface area contributed by atoms with Crippen LogP contribution in [0, 0.1) is 27.6 Å². The minimum absolute atomic E-state index is 0.00465. The van der Waals surface area contributed by atoms with Gasteiger partial charge in [0.1, 0.15) is 0 Å². The van der Waals surface area contributed by atoms with E-state index in [-0.39, 0.29) is 31.3 Å². The van der Waals surface area contributed by atoms with Gasteiger partial charge < -0.3 is 9.47 Å². The maximum Gasteiger partial charge on any atom is 0.324 e. The smallest absolute Gasteiger partial charge is 0.324 e. The zero-order valence-electron chi connectivity index (χ0n) is 23.6. The summed E-state index contributed by atoms with van der Waals surface area (Å²) in [5.41, 5.74) is -1.22. The number of allylic oxidation sites excluding steroid dienone is 5. The first-order chi connectivity index (χ1) is 17.2. The van der Waals surface area contributed by atoms with Crippen LogP contribution in [0.2, 0.25) is 0 Å². The van der Waals surface area contributed by atoms with Crippen molar-refractivity contribution in [3.63, 3.8) is 0 Å². The van der Waals surface area contributed by atoms with Gasteiger partial charge in [-0.1, -0.05) is 90.1 Å². The van der Waals surface area contributed by atoms with Gasteiger partial charge in [0.25, 0.3) is 0 Å². The third-order valence-corrected chi connectivity index (χ3v) is 7.77. The maximum atomic E-state index is 13.9. The second-order valence-corrected chi connectivity index (χ2v) is 12.2. The van der Waals surface area contributed by atoms with Crippen LogP contribution in [0.5, 0.6) is 0 Å². The van der Waals surface area contributed by atoms with Gasteiger partial charge in [-0.2, -0.15) is 0 Å². The molecular weight excluding hydrogens is 464 g/mol. The molecular formula is C32H42O5. The van der Waals surface area contributed by atoms with E-state index < -0.39 is 39.5 Å². The quantitative estimate of drug-likeness (QED) is 0.247. The van der Waals surface area contributed by atoms with Crippen LogP contribution in [0.1, 0.15) is 73.3 Å². The Kier molecular flexibility index (Phi) is 7.79. The first kappa shape index (κ1) is 28.6. The van der Waals surface area contributed by atoms with Crippen LogP contribution in [0.25, 0.3) is 0 Å². The second kappa shape index (κ2) is 10.1. The van der Waals surface area contributed by atoms with Gasteiger partial charge in [0.15, 0.2) is 11.2 Å². The molecule has 1 aromatic carbocycles. The van der Waals surface area contributed by atoms with E-state index in [1.807, 2.05) is 90.1 Å². The van der Waals surface area contributed by atoms with E-state index in [0.717, 1.165) is 5.56 Å². The molecule has 2 aliphatic rings. The molecule has 0 heterocycles. The molecule has 2 atom stereocenters. The Balaban J connectivity index is 2.53. The summed E-state index contributed by atoms with van der Waals surface area (Å²) in [4.78, 5) is 41.7. The molecule has 37 heavy (non-hydrogen) atoms. The van der Waals surface area contributed by atoms with Gasteiger partial charge in [-0.25, -0.2) is 0 Å². The molecule has 0 N–H and O–H groups in total. The van der Waals surface area contributed by atoms with Crippen LogP contribution in [-0.2, 0) is 23.9 Å². The first-order valence-corrected chi connectivity index (χ1v) is 13.2. The van der Waals surface area contributed by atoms with Crippen molar-refractivity contribution < 1.29 is 23.9 Å². The topological polar surface area (TPSA) is 69.7 Å². The molecule has 1 saturated carbocycles. The van der Waals surface area contributed by atoms with Crippen LogP contribution in [0.3, 0.4) is 0 Å². The Hall–Kier alpha value is -2.95. The number of Topliss-reactive ketones (excluding diaryl/α,β-unsaturated/α-hetero) is 1. The molecule has 1 spiro atoms. The number of benzene rings is 1. The highest BCUT2D eigenvalue weighted by Crippen LogP contribution is 2.67. The normalized spacial score (nSPS) is 22.8. The predicted octanol–water partition coefficient (Wildman–Crippen LogP) is 6.60. The highest BCUT2D eigenvalue weighted by Gasteiger charge is 2.69. The summed E-state index contributed by atoms with van der Waals surface area (Å²) in [7, 11) is 0. The summed E-state index contributed by atoms with van der Waals surface area (Å²) in [5, 5.41) is 0. The van der Waals surface area contributed by atoms with E-state index >= 15 is 0 Å². The molecule has 0 aromatic heterocycles. The molecule has 0 aliphatic heterocycles. The number of hydrogen-bond donors (Lipinski definition) is 0. The van der Waals surface area contributed by atoms with E-state index in [4.69, 9.17) is 9.47 Å². The lowest BCUT2D eigenvalue weighted by atomic mass is 9.57. The molecule has 0 radical (unpaired) electrons. The number of ketones is 1. The van der Waals surface area contributed by atoms with Crippen molar-refractivity contribution in [1.29, 1.82) is 0 Å². The third-order valence-electron chi connectivity index (χ3n) is 7.77. The molecule has 5 nitrogen and oxygen atoms in total. The fraction of sp³-hybridized carbons (Fsp3) is 0.531. The number of carbonyl (C=O) groups excluding carboxylic acids is 3. The second-order valence-electron chi connectivity index (χ2n) is 12.2. The maximum absolute atomic E-state index is 13.9. The Morgan fingerprint density at radius 1 is 0.919 bits per heavy atom. The largest absolute Gasteiger partial charge is 0.465 e. The number of ether oxygens (including phenoxy) is 2. The lowest BCUT2D eigenvalue weighted by Gasteiger charge is -2.44. The van der Waals surface area contributed by atoms with Crippen LogP contribution in [0.4, 0.5) is 0 Å². The van der Waals surface area contributed by atoms with Gasteiger partial charge in [0.05, 0.1) is 13.2 Å². The van der Waals surface area contributed by atoms with Crippen molar-refractivity contribution in [2.45, 2.75) is 67.7 Å². The van der Waals surface area contributed by atoms with E-state index in [1.54, 1.807) is 13.8 Å². The summed E-state index contributed by atoms with van der Waals surface area (Å²) in [6.45, 7) is 20.0. The Morgan fingerprint density at radius 2 is 1.38 bits per heavy atom. The van der Waals surface area contributed by atoms with Gasteiger partial charge in [-0.3, -0.25) is 14.4 Å². The number of rotatable bonds is 6. The summed E-state index contributed by atoms with van der Waals surface area (Å²) >= 11 is 0. The zero-order valence-corrected chi connectivity index (χ0v) is 23.6. The average molecular weight is 507 g/mol. The molecule has 0 saturated heterocycles. The van der Waals surface area contributed by atoms with E-state index in [9.17, 15) is 14.4 Å². The van der Waals surface area contributed by atoms with Crippen molar-refractivity contribution in [2.24, 2.45) is 27.6 Å². The van der Waals surface area contributed by atoms with Crippen molar-refractivity contribution in [2.75, 3.05) is 13.2 Å². The van der Waals surface area contributed by atoms with Crippen molar-refractivity contribution in [3.8, 4) is 0 Å². The van der Waals surface area contributed by atoms with Gasteiger partial charge in [-0.15, -0.1) is 6.58 Å². The van der Waals surface area contributed by atoms with Crippen LogP contribution in [0.15, 0.2) is 66.3 Å². The van der Waals surface area contributed by atoms with Crippen LogP contribution >= 0.6 is 0 Å². The molecule has 200 valence electrons. The summed E-state index contributed by atoms with van der Waals surface area (Å²) < 4.78 is 11.2. The molecule has 0 amide bonds. The third kappa shape index (κ3) is 4.73. The molecule has 1 aromatic rings. The summed E-state index contributed by atoms with van der Waals surface area (Å²) in [6, 6.07) is 9.60. The number of carbonyl (C=O) groups is 3. The van der Waals surface area contributed by atoms with Gasteiger partial charge in [0, 0.05) is 22.5 Å². The number of hydrogen-bond acceptors (Lipinski definition) is 5. The fourth-order valence-corrected chi connectivity index (χ4v) is 6.11. The first-order valence-electron chi connectivity index (χ1n) is 13.2. The molecule has 5 heteroatoms. The molecule has 3 rings (SSSR count). The highest BCUT2D eigenvalue weighted by atomic mass is 16.6. The molecule has 0 unspecified atom stereocenters. The van der Waals surface area contributed by atoms with Crippen molar-refractivity contribution in [1.82, 2.24) is 0 Å². The summed E-state index contributed by atoms with van der Waals surface area (Å²) in [6.07, 6.45) is 6.03. The van der Waals surface area contributed by atoms with E-state index in [0.29, 0.717) is 11.1 Å². The van der Waals surface area contributed by atoms with E-state index in [1.165, 1.54) is 0 Å². The highest BCUT2D eigenvalue weighted by molar-refractivity contribution is 6.11. The number of esters is 2. The summed E-state index contributed by atoms with van der Waals surface area (Å²) in [5.74, 6) is -2.18. The monoisotopic (exact) mass is 506 g/mol. The zero-order chi connectivity index (χ0) is 27.8. The molecule has 1 fully saturated rings. The Morgan fingerprint density at radius 3 is 1.76 bits per heavy atom. The van der Waals surface area contributed by atoms with Gasteiger partial charge in [0.2, 0.25) is 0 Å². The van der Waals surface area contributed by atoms with Gasteiger partial charge >= 0.3 is 11.9 Å². The lowest BCUT2D eigenvalue weighted by Crippen LogP contribution is -2.47. The SMILES string of the molecule is C=C[C@H]1CC(C(=O)OCC)(C(=O)OCC)[C@@H](c2ccccc2)C12C=C(C(C)(C)C)C(=O)C(C(C)(C)C)=C2. The standard InChI is InChI=1S/C32H42O5/c1-10-22-18-32(27(34)36-11-2,28(35)37-12-3)26(21-16-14-13-15-17-21)31(22)19-23(29(4,5)6)25(33)24(20-31)30(7,8)9/h10,13-17,19-20,22,26H,1,11-12,18H2,2-9H3/t22-,26-/m0/s1.